The molecule has 3 nitrogen and oxygen atoms in total. The van der Waals surface area contributed by atoms with Crippen LogP contribution in [0.25, 0.3) is 0 Å². The molecule has 0 radical (unpaired) electrons. The normalized spacial score (nSPS) is 13.5. The van der Waals surface area contributed by atoms with E-state index in [2.05, 4.69) is 19.2 Å². The topological polar surface area (TPSA) is 30.5 Å². The zero-order valence-electron chi connectivity index (χ0n) is 9.71. The number of hydrogen-bond acceptors (Lipinski definition) is 4. The molecular weight excluding hydrogens is 198 g/mol. The van der Waals surface area contributed by atoms with Crippen LogP contribution in [-0.2, 0) is 9.47 Å². The fourth-order valence-electron chi connectivity index (χ4n) is 1.07. The Bertz CT molecular complexity index is 121. The van der Waals surface area contributed by atoms with Gasteiger partial charge in [-0.05, 0) is 24.9 Å². The van der Waals surface area contributed by atoms with Crippen molar-refractivity contribution in [1.29, 1.82) is 0 Å². The number of methoxy groups -OCH3 is 2. The molecule has 0 aliphatic carbocycles. The van der Waals surface area contributed by atoms with Crippen LogP contribution in [0.5, 0.6) is 0 Å². The van der Waals surface area contributed by atoms with E-state index in [-0.39, 0.29) is 6.29 Å². The van der Waals surface area contributed by atoms with Crippen molar-refractivity contribution >= 4 is 11.8 Å². The van der Waals surface area contributed by atoms with Crippen LogP contribution in [0.4, 0.5) is 0 Å². The molecule has 0 saturated carbocycles. The molecule has 1 N–H and O–H groups in total. The molecule has 0 aliphatic rings. The van der Waals surface area contributed by atoms with Crippen LogP contribution < -0.4 is 5.32 Å². The third kappa shape index (κ3) is 7.62. The maximum absolute atomic E-state index is 5.09. The van der Waals surface area contributed by atoms with Crippen LogP contribution in [0.3, 0.4) is 0 Å². The van der Waals surface area contributed by atoms with E-state index in [0.717, 1.165) is 6.54 Å². The van der Waals surface area contributed by atoms with Crippen LogP contribution in [-0.4, -0.2) is 44.6 Å². The average molecular weight is 221 g/mol. The molecule has 0 fully saturated rings. The van der Waals surface area contributed by atoms with Gasteiger partial charge in [-0.3, -0.25) is 0 Å². The van der Waals surface area contributed by atoms with Gasteiger partial charge in [0.25, 0.3) is 0 Å². The molecule has 0 heterocycles. The first kappa shape index (κ1) is 14.2. The van der Waals surface area contributed by atoms with Gasteiger partial charge in [-0.2, -0.15) is 11.8 Å². The fraction of sp³-hybridized carbons (Fsp3) is 1.00. The van der Waals surface area contributed by atoms with E-state index >= 15 is 0 Å². The molecule has 1 unspecified atom stereocenters. The van der Waals surface area contributed by atoms with Crippen molar-refractivity contribution in [2.75, 3.05) is 32.3 Å². The zero-order chi connectivity index (χ0) is 10.8. The van der Waals surface area contributed by atoms with Gasteiger partial charge in [0.15, 0.2) is 6.29 Å². The third-order valence-corrected chi connectivity index (χ3v) is 2.99. The second kappa shape index (κ2) is 9.77. The number of thioether (sulfide) groups is 1. The highest BCUT2D eigenvalue weighted by molar-refractivity contribution is 7.99. The summed E-state index contributed by atoms with van der Waals surface area (Å²) in [5.41, 5.74) is 0. The Morgan fingerprint density at radius 1 is 1.29 bits per heavy atom. The molecule has 0 aromatic rings. The zero-order valence-corrected chi connectivity index (χ0v) is 10.5. The second-order valence-corrected chi connectivity index (χ2v) is 4.59. The molecule has 0 spiro atoms. The summed E-state index contributed by atoms with van der Waals surface area (Å²) in [6.07, 6.45) is 1.06. The fourth-order valence-corrected chi connectivity index (χ4v) is 1.88. The molecule has 0 aliphatic heterocycles. The van der Waals surface area contributed by atoms with Crippen molar-refractivity contribution in [3.05, 3.63) is 0 Å². The maximum atomic E-state index is 5.09. The minimum absolute atomic E-state index is 0.128. The summed E-state index contributed by atoms with van der Waals surface area (Å²) in [6.45, 7) is 5.14. The van der Waals surface area contributed by atoms with Crippen LogP contribution in [0.15, 0.2) is 0 Å². The lowest BCUT2D eigenvalue weighted by Gasteiger charge is -2.18. The summed E-state index contributed by atoms with van der Waals surface area (Å²) >= 11 is 1.98. The van der Waals surface area contributed by atoms with Crippen molar-refractivity contribution < 1.29 is 9.47 Å². The van der Waals surface area contributed by atoms with Gasteiger partial charge in [-0.25, -0.2) is 0 Å². The second-order valence-electron chi connectivity index (χ2n) is 3.20. The predicted molar refractivity (Wildman–Crippen MR) is 62.9 cm³/mol. The van der Waals surface area contributed by atoms with Gasteiger partial charge in [0.1, 0.15) is 0 Å². The van der Waals surface area contributed by atoms with E-state index in [1.807, 2.05) is 11.8 Å². The summed E-state index contributed by atoms with van der Waals surface area (Å²) in [5, 5.41) is 3.38. The lowest BCUT2D eigenvalue weighted by Crippen LogP contribution is -2.35. The highest BCUT2D eigenvalue weighted by Gasteiger charge is 2.07. The van der Waals surface area contributed by atoms with Crippen molar-refractivity contribution in [3.63, 3.8) is 0 Å². The highest BCUT2D eigenvalue weighted by Crippen LogP contribution is 2.03. The molecule has 14 heavy (non-hydrogen) atoms. The molecule has 4 heteroatoms. The first-order valence-corrected chi connectivity index (χ1v) is 6.26. The summed E-state index contributed by atoms with van der Waals surface area (Å²) in [6, 6.07) is 0.529. The first-order chi connectivity index (χ1) is 6.74. The molecule has 0 saturated heterocycles. The van der Waals surface area contributed by atoms with E-state index < -0.39 is 0 Å². The number of ether oxygens (including phenoxy) is 2. The van der Waals surface area contributed by atoms with Crippen molar-refractivity contribution in [2.45, 2.75) is 32.6 Å². The van der Waals surface area contributed by atoms with Crippen LogP contribution in [0.1, 0.15) is 20.3 Å². The van der Waals surface area contributed by atoms with Gasteiger partial charge < -0.3 is 14.8 Å². The van der Waals surface area contributed by atoms with E-state index in [1.165, 1.54) is 17.9 Å². The minimum atomic E-state index is -0.128. The van der Waals surface area contributed by atoms with E-state index in [0.29, 0.717) is 6.04 Å². The maximum Gasteiger partial charge on any atom is 0.169 e. The van der Waals surface area contributed by atoms with Gasteiger partial charge in [-0.15, -0.1) is 0 Å². The lowest BCUT2D eigenvalue weighted by atomic mass is 10.2. The average Bonchev–Trinajstić information content (AvgIpc) is 2.20. The van der Waals surface area contributed by atoms with Gasteiger partial charge in [-0.1, -0.05) is 6.92 Å². The Morgan fingerprint density at radius 3 is 2.43 bits per heavy atom. The van der Waals surface area contributed by atoms with Crippen molar-refractivity contribution in [3.8, 4) is 0 Å². The van der Waals surface area contributed by atoms with Crippen LogP contribution >= 0.6 is 11.8 Å². The van der Waals surface area contributed by atoms with Gasteiger partial charge in [0.2, 0.25) is 0 Å². The van der Waals surface area contributed by atoms with Crippen molar-refractivity contribution in [2.24, 2.45) is 0 Å². The van der Waals surface area contributed by atoms with E-state index in [4.69, 9.17) is 9.47 Å². The van der Waals surface area contributed by atoms with Crippen molar-refractivity contribution in [1.82, 2.24) is 5.32 Å². The largest absolute Gasteiger partial charge is 0.355 e. The molecule has 86 valence electrons. The Hall–Kier alpha value is 0.230. The summed E-state index contributed by atoms with van der Waals surface area (Å²) < 4.78 is 10.2. The number of hydrogen-bond donors (Lipinski definition) is 1. The summed E-state index contributed by atoms with van der Waals surface area (Å²) in [4.78, 5) is 0. The quantitative estimate of drug-likeness (QED) is 0.474. The van der Waals surface area contributed by atoms with Gasteiger partial charge in [0, 0.05) is 26.8 Å². The molecule has 0 aromatic heterocycles. The Balaban J connectivity index is 3.37. The lowest BCUT2D eigenvalue weighted by molar-refractivity contribution is -0.0997. The summed E-state index contributed by atoms with van der Waals surface area (Å²) in [7, 11) is 3.32. The van der Waals surface area contributed by atoms with Gasteiger partial charge in [0.05, 0.1) is 0 Å². The number of nitrogens with one attached hydrogen (secondary N) is 1. The minimum Gasteiger partial charge on any atom is -0.355 e. The molecule has 0 aromatic carbocycles. The van der Waals surface area contributed by atoms with Crippen LogP contribution in [0.2, 0.25) is 0 Å². The first-order valence-electron chi connectivity index (χ1n) is 5.11. The number of rotatable bonds is 9. The molecule has 0 bridgehead atoms. The molecular formula is C10H23NO2S. The highest BCUT2D eigenvalue weighted by atomic mass is 32.2. The predicted octanol–water partition coefficient (Wildman–Crippen LogP) is 1.73. The molecule has 1 atom stereocenters. The monoisotopic (exact) mass is 221 g/mol. The smallest absolute Gasteiger partial charge is 0.169 e. The Kier molecular flexibility index (Phi) is 9.93. The summed E-state index contributed by atoms with van der Waals surface area (Å²) in [5.74, 6) is 2.42. The third-order valence-electron chi connectivity index (χ3n) is 2.06. The Morgan fingerprint density at radius 2 is 1.93 bits per heavy atom. The SMILES string of the molecule is CCSCCC(C)NCC(OC)OC. The van der Waals surface area contributed by atoms with E-state index in [9.17, 15) is 0 Å². The van der Waals surface area contributed by atoms with Gasteiger partial charge >= 0.3 is 0 Å². The van der Waals surface area contributed by atoms with Crippen LogP contribution in [0, 0.1) is 0 Å². The standard InChI is InChI=1S/C10H23NO2S/c1-5-14-7-6-9(2)11-8-10(12-3)13-4/h9-11H,5-8H2,1-4H3. The Labute approximate surface area is 91.9 Å². The van der Waals surface area contributed by atoms with E-state index in [1.54, 1.807) is 14.2 Å². The molecule has 0 amide bonds. The molecule has 0 rings (SSSR count).